The van der Waals surface area contributed by atoms with Crippen molar-refractivity contribution >= 4 is 12.4 Å². The highest BCUT2D eigenvalue weighted by Gasteiger charge is 2.49. The monoisotopic (exact) mass is 260 g/mol. The SMILES string of the molecule is CNCC1(C(=O)O)CC1.C[C@@H]1CCCN1.O=CO. The standard InChI is InChI=1S/C6H11NO2.C5H11N.CH2O2/c1-7-4-6(2-3-6)5(8)9;1-5-3-2-4-6-5;2-1-3/h7H,2-4H2,1H3,(H,8,9);5-6H,2-4H2,1H3;1H,(H,2,3)/t;5-;/m.1./s1. The van der Waals surface area contributed by atoms with E-state index in [-0.39, 0.29) is 6.47 Å². The average molecular weight is 260 g/mol. The number of hydrogen-bond acceptors (Lipinski definition) is 4. The minimum atomic E-state index is -0.656. The van der Waals surface area contributed by atoms with Crippen molar-refractivity contribution in [2.45, 2.75) is 38.6 Å². The Bertz CT molecular complexity index is 248. The van der Waals surface area contributed by atoms with E-state index in [1.54, 1.807) is 7.05 Å². The maximum absolute atomic E-state index is 10.4. The lowest BCUT2D eigenvalue weighted by Crippen LogP contribution is -2.27. The number of carbonyl (C=O) groups is 2. The van der Waals surface area contributed by atoms with Gasteiger partial charge in [0, 0.05) is 12.6 Å². The van der Waals surface area contributed by atoms with E-state index < -0.39 is 11.4 Å². The number of nitrogens with one attached hydrogen (secondary N) is 2. The van der Waals surface area contributed by atoms with Crippen LogP contribution in [-0.2, 0) is 9.59 Å². The molecule has 18 heavy (non-hydrogen) atoms. The van der Waals surface area contributed by atoms with Crippen molar-refractivity contribution in [3.8, 4) is 0 Å². The minimum Gasteiger partial charge on any atom is -0.483 e. The van der Waals surface area contributed by atoms with Gasteiger partial charge in [0.25, 0.3) is 6.47 Å². The fraction of sp³-hybridized carbons (Fsp3) is 0.833. The van der Waals surface area contributed by atoms with Crippen LogP contribution in [0.2, 0.25) is 0 Å². The Kier molecular flexibility index (Phi) is 8.32. The van der Waals surface area contributed by atoms with Crippen molar-refractivity contribution in [2.75, 3.05) is 20.1 Å². The fourth-order valence-corrected chi connectivity index (χ4v) is 1.81. The van der Waals surface area contributed by atoms with Crippen LogP contribution >= 0.6 is 0 Å². The molecule has 2 fully saturated rings. The predicted octanol–water partition coefficient (Wildman–Crippen LogP) is 0.530. The van der Waals surface area contributed by atoms with Gasteiger partial charge in [0.1, 0.15) is 0 Å². The average Bonchev–Trinajstić information content (AvgIpc) is 2.95. The molecule has 2 aliphatic rings. The highest BCUT2D eigenvalue weighted by atomic mass is 16.4. The molecule has 1 saturated carbocycles. The Balaban J connectivity index is 0.000000278. The quantitative estimate of drug-likeness (QED) is 0.553. The molecule has 0 unspecified atom stereocenters. The van der Waals surface area contributed by atoms with Crippen molar-refractivity contribution in [2.24, 2.45) is 5.41 Å². The summed E-state index contributed by atoms with van der Waals surface area (Å²) >= 11 is 0. The molecule has 0 spiro atoms. The van der Waals surface area contributed by atoms with Gasteiger partial charge in [0.15, 0.2) is 0 Å². The molecule has 2 rings (SSSR count). The van der Waals surface area contributed by atoms with Gasteiger partial charge in [0.2, 0.25) is 0 Å². The molecule has 1 aliphatic carbocycles. The third kappa shape index (κ3) is 6.56. The Morgan fingerprint density at radius 3 is 2.22 bits per heavy atom. The smallest absolute Gasteiger partial charge is 0.310 e. The summed E-state index contributed by atoms with van der Waals surface area (Å²) in [5.74, 6) is -0.656. The highest BCUT2D eigenvalue weighted by Crippen LogP contribution is 2.44. The molecular formula is C12H24N2O4. The van der Waals surface area contributed by atoms with Crippen LogP contribution in [-0.4, -0.2) is 48.8 Å². The van der Waals surface area contributed by atoms with Crippen LogP contribution in [0.4, 0.5) is 0 Å². The van der Waals surface area contributed by atoms with E-state index in [9.17, 15) is 4.79 Å². The van der Waals surface area contributed by atoms with Crippen LogP contribution in [0.3, 0.4) is 0 Å². The lowest BCUT2D eigenvalue weighted by atomic mass is 10.1. The first-order valence-corrected chi connectivity index (χ1v) is 6.21. The molecule has 0 bridgehead atoms. The van der Waals surface area contributed by atoms with E-state index >= 15 is 0 Å². The lowest BCUT2D eigenvalue weighted by Gasteiger charge is -2.06. The summed E-state index contributed by atoms with van der Waals surface area (Å²) in [4.78, 5) is 18.8. The minimum absolute atomic E-state index is 0.250. The van der Waals surface area contributed by atoms with Crippen molar-refractivity contribution in [1.82, 2.24) is 10.6 Å². The third-order valence-corrected chi connectivity index (χ3v) is 3.13. The van der Waals surface area contributed by atoms with Gasteiger partial charge in [-0.2, -0.15) is 0 Å². The van der Waals surface area contributed by atoms with Crippen LogP contribution in [0.25, 0.3) is 0 Å². The van der Waals surface area contributed by atoms with Crippen LogP contribution in [0.1, 0.15) is 32.6 Å². The molecule has 106 valence electrons. The Hall–Kier alpha value is -1.14. The summed E-state index contributed by atoms with van der Waals surface area (Å²) in [7, 11) is 1.78. The maximum Gasteiger partial charge on any atom is 0.310 e. The molecule has 0 amide bonds. The van der Waals surface area contributed by atoms with E-state index in [0.717, 1.165) is 18.9 Å². The first-order chi connectivity index (χ1) is 8.52. The number of rotatable bonds is 3. The summed E-state index contributed by atoms with van der Waals surface area (Å²) < 4.78 is 0. The van der Waals surface area contributed by atoms with Crippen molar-refractivity contribution in [1.29, 1.82) is 0 Å². The molecule has 0 aromatic rings. The van der Waals surface area contributed by atoms with Gasteiger partial charge >= 0.3 is 5.97 Å². The maximum atomic E-state index is 10.4. The summed E-state index contributed by atoms with van der Waals surface area (Å²) in [6, 6.07) is 0.796. The number of aliphatic carboxylic acids is 1. The molecule has 1 atom stereocenters. The van der Waals surface area contributed by atoms with Gasteiger partial charge in [-0.3, -0.25) is 9.59 Å². The second-order valence-corrected chi connectivity index (χ2v) is 4.72. The number of carboxylic acid groups (broad SMARTS) is 2. The van der Waals surface area contributed by atoms with Crippen LogP contribution < -0.4 is 10.6 Å². The van der Waals surface area contributed by atoms with Gasteiger partial charge in [-0.1, -0.05) is 0 Å². The molecule has 0 radical (unpaired) electrons. The molecule has 0 aromatic carbocycles. The van der Waals surface area contributed by atoms with Gasteiger partial charge in [-0.25, -0.2) is 0 Å². The molecule has 4 N–H and O–H groups in total. The summed E-state index contributed by atoms with van der Waals surface area (Å²) in [6.45, 7) is 3.83. The largest absolute Gasteiger partial charge is 0.483 e. The molecule has 1 aliphatic heterocycles. The molecule has 1 heterocycles. The van der Waals surface area contributed by atoms with E-state index in [1.165, 1.54) is 19.4 Å². The van der Waals surface area contributed by atoms with Crippen molar-refractivity contribution in [3.63, 3.8) is 0 Å². The van der Waals surface area contributed by atoms with Gasteiger partial charge < -0.3 is 20.8 Å². The van der Waals surface area contributed by atoms with E-state index in [1.807, 2.05) is 0 Å². The highest BCUT2D eigenvalue weighted by molar-refractivity contribution is 5.78. The van der Waals surface area contributed by atoms with Crippen LogP contribution in [0.15, 0.2) is 0 Å². The number of hydrogen-bond donors (Lipinski definition) is 4. The fourth-order valence-electron chi connectivity index (χ4n) is 1.81. The molecular weight excluding hydrogens is 236 g/mol. The second-order valence-electron chi connectivity index (χ2n) is 4.72. The normalized spacial score (nSPS) is 22.9. The Morgan fingerprint density at radius 2 is 2.11 bits per heavy atom. The zero-order valence-corrected chi connectivity index (χ0v) is 11.1. The zero-order valence-electron chi connectivity index (χ0n) is 11.1. The third-order valence-electron chi connectivity index (χ3n) is 3.13. The first kappa shape index (κ1) is 16.9. The Labute approximate surface area is 108 Å². The van der Waals surface area contributed by atoms with E-state index in [0.29, 0.717) is 6.54 Å². The lowest BCUT2D eigenvalue weighted by molar-refractivity contribution is -0.143. The number of carboxylic acids is 1. The van der Waals surface area contributed by atoms with Crippen LogP contribution in [0.5, 0.6) is 0 Å². The van der Waals surface area contributed by atoms with Gasteiger partial charge in [-0.15, -0.1) is 0 Å². The topological polar surface area (TPSA) is 98.7 Å². The van der Waals surface area contributed by atoms with E-state index in [2.05, 4.69) is 17.6 Å². The molecule has 0 aromatic heterocycles. The molecule has 6 heteroatoms. The van der Waals surface area contributed by atoms with Crippen molar-refractivity contribution < 1.29 is 19.8 Å². The zero-order chi connectivity index (χ0) is 14.0. The predicted molar refractivity (Wildman–Crippen MR) is 68.6 cm³/mol. The molecule has 1 saturated heterocycles. The van der Waals surface area contributed by atoms with Gasteiger partial charge in [-0.05, 0) is 46.2 Å². The summed E-state index contributed by atoms with van der Waals surface area (Å²) in [5.41, 5.74) is -0.394. The Morgan fingerprint density at radius 1 is 1.56 bits per heavy atom. The van der Waals surface area contributed by atoms with E-state index in [4.69, 9.17) is 15.0 Å². The van der Waals surface area contributed by atoms with Crippen molar-refractivity contribution in [3.05, 3.63) is 0 Å². The van der Waals surface area contributed by atoms with Crippen LogP contribution in [0, 0.1) is 5.41 Å². The first-order valence-electron chi connectivity index (χ1n) is 6.21. The summed E-state index contributed by atoms with van der Waals surface area (Å²) in [5, 5.41) is 21.7. The summed E-state index contributed by atoms with van der Waals surface area (Å²) in [6.07, 6.45) is 4.42. The van der Waals surface area contributed by atoms with Gasteiger partial charge in [0.05, 0.1) is 5.41 Å². The molecule has 6 nitrogen and oxygen atoms in total. The second kappa shape index (κ2) is 8.88.